The van der Waals surface area contributed by atoms with Gasteiger partial charge in [-0.3, -0.25) is 0 Å². The molecule has 2 aliphatic carbocycles. The number of hydrogen-bond donors (Lipinski definition) is 1. The molecule has 0 aromatic heterocycles. The fourth-order valence-corrected chi connectivity index (χ4v) is 2.60. The molecular formula is C11H19N. The fraction of sp³-hybridized carbons (Fsp3) is 0.818. The standard InChI is InChI=1S/C11H19N/c1-2-3-7-12-10-8-11(9-10)5-4-6-11/h2,10,12H,1,3-9H2. The minimum absolute atomic E-state index is 0.825. The van der Waals surface area contributed by atoms with Gasteiger partial charge in [0, 0.05) is 6.04 Å². The second kappa shape index (κ2) is 3.21. The third-order valence-corrected chi connectivity index (χ3v) is 3.55. The molecule has 1 spiro atoms. The Bertz CT molecular complexity index is 162. The van der Waals surface area contributed by atoms with E-state index in [1.807, 2.05) is 6.08 Å². The van der Waals surface area contributed by atoms with Gasteiger partial charge in [-0.05, 0) is 44.1 Å². The van der Waals surface area contributed by atoms with E-state index in [0.717, 1.165) is 24.4 Å². The molecule has 1 N–H and O–H groups in total. The molecule has 0 aliphatic heterocycles. The molecule has 0 amide bonds. The summed E-state index contributed by atoms with van der Waals surface area (Å²) in [5.74, 6) is 0. The molecule has 0 heterocycles. The van der Waals surface area contributed by atoms with Crippen molar-refractivity contribution < 1.29 is 0 Å². The summed E-state index contributed by atoms with van der Waals surface area (Å²) in [6.45, 7) is 4.85. The molecule has 0 unspecified atom stereocenters. The first kappa shape index (κ1) is 8.31. The Kier molecular flexibility index (Phi) is 2.22. The minimum atomic E-state index is 0.825. The van der Waals surface area contributed by atoms with E-state index in [-0.39, 0.29) is 0 Å². The first-order valence-electron chi connectivity index (χ1n) is 5.19. The number of hydrogen-bond acceptors (Lipinski definition) is 1. The molecule has 0 radical (unpaired) electrons. The van der Waals surface area contributed by atoms with Crippen molar-refractivity contribution in [3.63, 3.8) is 0 Å². The first-order chi connectivity index (χ1) is 5.85. The van der Waals surface area contributed by atoms with Crippen molar-refractivity contribution in [3.8, 4) is 0 Å². The Labute approximate surface area is 75.2 Å². The van der Waals surface area contributed by atoms with Crippen LogP contribution in [0.1, 0.15) is 38.5 Å². The van der Waals surface area contributed by atoms with Crippen molar-refractivity contribution >= 4 is 0 Å². The molecule has 12 heavy (non-hydrogen) atoms. The van der Waals surface area contributed by atoms with Gasteiger partial charge in [-0.15, -0.1) is 6.58 Å². The molecule has 2 rings (SSSR count). The summed E-state index contributed by atoms with van der Waals surface area (Å²) in [5.41, 5.74) is 0.825. The van der Waals surface area contributed by atoms with Crippen molar-refractivity contribution in [2.24, 2.45) is 5.41 Å². The first-order valence-corrected chi connectivity index (χ1v) is 5.19. The summed E-state index contributed by atoms with van der Waals surface area (Å²) < 4.78 is 0. The maximum absolute atomic E-state index is 3.72. The van der Waals surface area contributed by atoms with E-state index in [2.05, 4.69) is 11.9 Å². The van der Waals surface area contributed by atoms with Gasteiger partial charge in [-0.2, -0.15) is 0 Å². The minimum Gasteiger partial charge on any atom is -0.314 e. The Hall–Kier alpha value is -0.300. The predicted octanol–water partition coefficient (Wildman–Crippen LogP) is 2.48. The highest BCUT2D eigenvalue weighted by molar-refractivity contribution is 5.02. The highest BCUT2D eigenvalue weighted by Crippen LogP contribution is 2.55. The smallest absolute Gasteiger partial charge is 0.00777 e. The zero-order valence-corrected chi connectivity index (χ0v) is 7.81. The predicted molar refractivity (Wildman–Crippen MR) is 52.1 cm³/mol. The van der Waals surface area contributed by atoms with Crippen LogP contribution < -0.4 is 5.32 Å². The van der Waals surface area contributed by atoms with E-state index >= 15 is 0 Å². The summed E-state index contributed by atoms with van der Waals surface area (Å²) in [6, 6.07) is 0.838. The highest BCUT2D eigenvalue weighted by atomic mass is 14.9. The van der Waals surface area contributed by atoms with Gasteiger partial charge in [0.05, 0.1) is 0 Å². The van der Waals surface area contributed by atoms with Crippen molar-refractivity contribution in [1.29, 1.82) is 0 Å². The Morgan fingerprint density at radius 1 is 1.42 bits per heavy atom. The van der Waals surface area contributed by atoms with Gasteiger partial charge < -0.3 is 5.32 Å². The maximum atomic E-state index is 3.72. The van der Waals surface area contributed by atoms with E-state index in [1.165, 1.54) is 32.1 Å². The van der Waals surface area contributed by atoms with Crippen LogP contribution in [0.4, 0.5) is 0 Å². The fourth-order valence-electron chi connectivity index (χ4n) is 2.60. The lowest BCUT2D eigenvalue weighted by Gasteiger charge is -2.54. The van der Waals surface area contributed by atoms with Gasteiger partial charge in [0.1, 0.15) is 0 Å². The molecule has 2 saturated carbocycles. The zero-order chi connectivity index (χ0) is 8.44. The van der Waals surface area contributed by atoms with Gasteiger partial charge in [0.15, 0.2) is 0 Å². The van der Waals surface area contributed by atoms with E-state index in [9.17, 15) is 0 Å². The van der Waals surface area contributed by atoms with Gasteiger partial charge in [0.2, 0.25) is 0 Å². The Balaban J connectivity index is 1.58. The highest BCUT2D eigenvalue weighted by Gasteiger charge is 2.47. The molecule has 0 atom stereocenters. The summed E-state index contributed by atoms with van der Waals surface area (Å²) >= 11 is 0. The van der Waals surface area contributed by atoms with Gasteiger partial charge in [-0.25, -0.2) is 0 Å². The monoisotopic (exact) mass is 165 g/mol. The summed E-state index contributed by atoms with van der Waals surface area (Å²) in [4.78, 5) is 0. The molecule has 1 nitrogen and oxygen atoms in total. The topological polar surface area (TPSA) is 12.0 Å². The lowest BCUT2D eigenvalue weighted by atomic mass is 9.54. The van der Waals surface area contributed by atoms with Crippen LogP contribution in [0.2, 0.25) is 0 Å². The quantitative estimate of drug-likeness (QED) is 0.498. The van der Waals surface area contributed by atoms with Crippen LogP contribution in [0, 0.1) is 5.41 Å². The number of nitrogens with one attached hydrogen (secondary N) is 1. The SMILES string of the molecule is C=CCCNC1CC2(CCC2)C1. The third kappa shape index (κ3) is 1.42. The molecule has 0 aromatic carbocycles. The van der Waals surface area contributed by atoms with Crippen LogP contribution in [0.5, 0.6) is 0 Å². The van der Waals surface area contributed by atoms with E-state index in [0.29, 0.717) is 0 Å². The Morgan fingerprint density at radius 2 is 2.17 bits per heavy atom. The molecule has 0 aromatic rings. The average molecular weight is 165 g/mol. The van der Waals surface area contributed by atoms with Crippen molar-refractivity contribution in [3.05, 3.63) is 12.7 Å². The normalized spacial score (nSPS) is 26.3. The molecule has 0 bridgehead atoms. The van der Waals surface area contributed by atoms with E-state index < -0.39 is 0 Å². The van der Waals surface area contributed by atoms with Gasteiger partial charge in [-0.1, -0.05) is 12.5 Å². The van der Waals surface area contributed by atoms with Gasteiger partial charge >= 0.3 is 0 Å². The van der Waals surface area contributed by atoms with Crippen LogP contribution in [0.25, 0.3) is 0 Å². The lowest BCUT2D eigenvalue weighted by Crippen LogP contribution is -2.52. The number of rotatable bonds is 4. The van der Waals surface area contributed by atoms with Crippen molar-refractivity contribution in [1.82, 2.24) is 5.32 Å². The van der Waals surface area contributed by atoms with E-state index in [1.54, 1.807) is 0 Å². The molecule has 0 saturated heterocycles. The zero-order valence-electron chi connectivity index (χ0n) is 7.81. The van der Waals surface area contributed by atoms with Crippen LogP contribution in [-0.4, -0.2) is 12.6 Å². The summed E-state index contributed by atoms with van der Waals surface area (Å²) in [6.07, 6.45) is 10.5. The summed E-state index contributed by atoms with van der Waals surface area (Å²) in [7, 11) is 0. The lowest BCUT2D eigenvalue weighted by molar-refractivity contribution is -0.00163. The summed E-state index contributed by atoms with van der Waals surface area (Å²) in [5, 5.41) is 3.57. The maximum Gasteiger partial charge on any atom is 0.00777 e. The largest absolute Gasteiger partial charge is 0.314 e. The van der Waals surface area contributed by atoms with E-state index in [4.69, 9.17) is 0 Å². The van der Waals surface area contributed by atoms with Crippen LogP contribution in [0.3, 0.4) is 0 Å². The molecule has 1 heteroatoms. The third-order valence-electron chi connectivity index (χ3n) is 3.55. The van der Waals surface area contributed by atoms with Gasteiger partial charge in [0.25, 0.3) is 0 Å². The second-order valence-electron chi connectivity index (χ2n) is 4.49. The second-order valence-corrected chi connectivity index (χ2v) is 4.49. The molecule has 2 aliphatic rings. The molecular weight excluding hydrogens is 146 g/mol. The van der Waals surface area contributed by atoms with Crippen molar-refractivity contribution in [2.75, 3.05) is 6.54 Å². The Morgan fingerprint density at radius 3 is 2.67 bits per heavy atom. The van der Waals surface area contributed by atoms with Crippen LogP contribution in [-0.2, 0) is 0 Å². The van der Waals surface area contributed by atoms with Crippen LogP contribution in [0.15, 0.2) is 12.7 Å². The van der Waals surface area contributed by atoms with Crippen LogP contribution >= 0.6 is 0 Å². The molecule has 68 valence electrons. The van der Waals surface area contributed by atoms with Crippen molar-refractivity contribution in [2.45, 2.75) is 44.6 Å². The average Bonchev–Trinajstić information content (AvgIpc) is 1.90. The molecule has 2 fully saturated rings.